The van der Waals surface area contributed by atoms with Gasteiger partial charge >= 0.3 is 17.9 Å². The molecule has 266 valence electrons. The standard InChI is InChI=1S/C39H74O6/c1-33(2)25-19-13-7-10-16-22-28-37(40)43-31-36(45-39(42)30-24-18-12-9-15-21-27-35(5)6)32-44-38(41)29-23-17-11-8-14-20-26-34(3)4/h33-36H,7-32H2,1-6H3. The predicted octanol–water partition coefficient (Wildman–Crippen LogP) is 11.3. The van der Waals surface area contributed by atoms with Crippen molar-refractivity contribution in [3.05, 3.63) is 0 Å². The van der Waals surface area contributed by atoms with Crippen LogP contribution in [0.3, 0.4) is 0 Å². The number of carbonyl (C=O) groups excluding carboxylic acids is 3. The lowest BCUT2D eigenvalue weighted by Crippen LogP contribution is -2.30. The second-order valence-corrected chi connectivity index (χ2v) is 14.6. The topological polar surface area (TPSA) is 78.9 Å². The van der Waals surface area contributed by atoms with Crippen LogP contribution < -0.4 is 0 Å². The summed E-state index contributed by atoms with van der Waals surface area (Å²) in [5.41, 5.74) is 0. The van der Waals surface area contributed by atoms with Crippen LogP contribution in [0, 0.1) is 17.8 Å². The fourth-order valence-corrected chi connectivity index (χ4v) is 5.46. The molecular formula is C39H74O6. The second-order valence-electron chi connectivity index (χ2n) is 14.6. The van der Waals surface area contributed by atoms with Crippen molar-refractivity contribution in [1.82, 2.24) is 0 Å². The molecule has 45 heavy (non-hydrogen) atoms. The largest absolute Gasteiger partial charge is 0.462 e. The summed E-state index contributed by atoms with van der Waals surface area (Å²) in [6.07, 6.45) is 24.2. The van der Waals surface area contributed by atoms with E-state index in [1.807, 2.05) is 0 Å². The van der Waals surface area contributed by atoms with Gasteiger partial charge in [-0.15, -0.1) is 0 Å². The summed E-state index contributed by atoms with van der Waals surface area (Å²) in [4.78, 5) is 37.3. The van der Waals surface area contributed by atoms with Gasteiger partial charge in [-0.25, -0.2) is 0 Å². The third-order valence-electron chi connectivity index (χ3n) is 8.40. The van der Waals surface area contributed by atoms with E-state index in [2.05, 4.69) is 41.5 Å². The molecular weight excluding hydrogens is 564 g/mol. The minimum atomic E-state index is -0.761. The highest BCUT2D eigenvalue weighted by atomic mass is 16.6. The van der Waals surface area contributed by atoms with E-state index in [4.69, 9.17) is 14.2 Å². The smallest absolute Gasteiger partial charge is 0.306 e. The van der Waals surface area contributed by atoms with Crippen molar-refractivity contribution in [2.45, 2.75) is 202 Å². The van der Waals surface area contributed by atoms with Crippen molar-refractivity contribution in [3.8, 4) is 0 Å². The van der Waals surface area contributed by atoms with E-state index in [-0.39, 0.29) is 31.1 Å². The predicted molar refractivity (Wildman–Crippen MR) is 187 cm³/mol. The molecule has 0 radical (unpaired) electrons. The summed E-state index contributed by atoms with van der Waals surface area (Å²) in [5, 5.41) is 0. The minimum Gasteiger partial charge on any atom is -0.462 e. The average molecular weight is 639 g/mol. The molecule has 0 rings (SSSR count). The maximum absolute atomic E-state index is 12.6. The van der Waals surface area contributed by atoms with Gasteiger partial charge in [-0.1, -0.05) is 157 Å². The highest BCUT2D eigenvalue weighted by molar-refractivity contribution is 5.71. The van der Waals surface area contributed by atoms with Gasteiger partial charge in [-0.3, -0.25) is 14.4 Å². The summed E-state index contributed by atoms with van der Waals surface area (Å²) >= 11 is 0. The zero-order valence-corrected chi connectivity index (χ0v) is 30.6. The normalized spacial score (nSPS) is 11.6. The summed E-state index contributed by atoms with van der Waals surface area (Å²) < 4.78 is 16.5. The van der Waals surface area contributed by atoms with E-state index in [1.165, 1.54) is 77.0 Å². The number of unbranched alkanes of at least 4 members (excludes halogenated alkanes) is 15. The molecule has 0 aliphatic rings. The molecule has 0 aromatic carbocycles. The Hall–Kier alpha value is -1.59. The van der Waals surface area contributed by atoms with E-state index in [0.29, 0.717) is 19.3 Å². The van der Waals surface area contributed by atoms with E-state index in [0.717, 1.165) is 75.5 Å². The van der Waals surface area contributed by atoms with Crippen LogP contribution in [0.1, 0.15) is 196 Å². The van der Waals surface area contributed by atoms with Gasteiger partial charge in [0.15, 0.2) is 6.10 Å². The molecule has 0 bridgehead atoms. The first-order valence-corrected chi connectivity index (χ1v) is 19.1. The molecule has 0 fully saturated rings. The zero-order valence-electron chi connectivity index (χ0n) is 30.6. The fraction of sp³-hybridized carbons (Fsp3) is 0.923. The molecule has 0 aromatic heterocycles. The SMILES string of the molecule is CC(C)CCCCCCCCC(=O)OCC(COC(=O)CCCCCCCCC(C)C)OC(=O)CCCCCCCCC(C)C. The van der Waals surface area contributed by atoms with E-state index in [1.54, 1.807) is 0 Å². The third-order valence-corrected chi connectivity index (χ3v) is 8.40. The molecule has 0 N–H and O–H groups in total. The van der Waals surface area contributed by atoms with Crippen LogP contribution in [0.4, 0.5) is 0 Å². The van der Waals surface area contributed by atoms with Gasteiger partial charge in [-0.05, 0) is 37.0 Å². The van der Waals surface area contributed by atoms with Gasteiger partial charge in [0.05, 0.1) is 0 Å². The first kappa shape index (κ1) is 43.4. The lowest BCUT2D eigenvalue weighted by Gasteiger charge is -2.18. The molecule has 0 heterocycles. The Morgan fingerprint density at radius 2 is 0.644 bits per heavy atom. The minimum absolute atomic E-state index is 0.0702. The fourth-order valence-electron chi connectivity index (χ4n) is 5.46. The van der Waals surface area contributed by atoms with E-state index < -0.39 is 6.10 Å². The van der Waals surface area contributed by atoms with Crippen molar-refractivity contribution in [2.75, 3.05) is 13.2 Å². The molecule has 0 atom stereocenters. The first-order chi connectivity index (χ1) is 21.6. The summed E-state index contributed by atoms with van der Waals surface area (Å²) in [6, 6.07) is 0. The molecule has 0 aromatic rings. The number of ether oxygens (including phenoxy) is 3. The van der Waals surface area contributed by atoms with Crippen LogP contribution in [0.15, 0.2) is 0 Å². The number of hydrogen-bond donors (Lipinski definition) is 0. The van der Waals surface area contributed by atoms with Gasteiger partial charge in [0.25, 0.3) is 0 Å². The monoisotopic (exact) mass is 639 g/mol. The third kappa shape index (κ3) is 33.6. The lowest BCUT2D eigenvalue weighted by molar-refractivity contribution is -0.167. The molecule has 0 spiro atoms. The van der Waals surface area contributed by atoms with Crippen LogP contribution in [-0.2, 0) is 28.6 Å². The van der Waals surface area contributed by atoms with Crippen molar-refractivity contribution in [3.63, 3.8) is 0 Å². The van der Waals surface area contributed by atoms with Gasteiger partial charge in [0.2, 0.25) is 0 Å². The van der Waals surface area contributed by atoms with Crippen molar-refractivity contribution >= 4 is 17.9 Å². The van der Waals surface area contributed by atoms with Crippen molar-refractivity contribution in [2.24, 2.45) is 17.8 Å². The molecule has 0 saturated carbocycles. The number of hydrogen-bond acceptors (Lipinski definition) is 6. The molecule has 6 heteroatoms. The molecule has 0 amide bonds. The van der Waals surface area contributed by atoms with Gasteiger partial charge in [0, 0.05) is 19.3 Å². The highest BCUT2D eigenvalue weighted by Crippen LogP contribution is 2.15. The van der Waals surface area contributed by atoms with Crippen LogP contribution in [-0.4, -0.2) is 37.2 Å². The maximum Gasteiger partial charge on any atom is 0.306 e. The summed E-state index contributed by atoms with van der Waals surface area (Å²) in [5.74, 6) is 1.40. The van der Waals surface area contributed by atoms with Crippen molar-refractivity contribution < 1.29 is 28.6 Å². The Labute approximate surface area is 278 Å². The van der Waals surface area contributed by atoms with Crippen molar-refractivity contribution in [1.29, 1.82) is 0 Å². The maximum atomic E-state index is 12.6. The van der Waals surface area contributed by atoms with E-state index in [9.17, 15) is 14.4 Å². The first-order valence-electron chi connectivity index (χ1n) is 19.1. The molecule has 0 aliphatic carbocycles. The highest BCUT2D eigenvalue weighted by Gasteiger charge is 2.19. The Morgan fingerprint density at radius 3 is 0.956 bits per heavy atom. The number of esters is 3. The molecule has 0 saturated heterocycles. The Balaban J connectivity index is 4.38. The Bertz CT molecular complexity index is 662. The quantitative estimate of drug-likeness (QED) is 0.0414. The lowest BCUT2D eigenvalue weighted by atomic mass is 10.0. The van der Waals surface area contributed by atoms with Gasteiger partial charge < -0.3 is 14.2 Å². The Kier molecular flexibility index (Phi) is 29.9. The average Bonchev–Trinajstić information content (AvgIpc) is 2.98. The summed E-state index contributed by atoms with van der Waals surface area (Å²) in [6.45, 7) is 13.4. The van der Waals surface area contributed by atoms with E-state index >= 15 is 0 Å². The molecule has 6 nitrogen and oxygen atoms in total. The second kappa shape index (κ2) is 31.0. The van der Waals surface area contributed by atoms with Gasteiger partial charge in [-0.2, -0.15) is 0 Å². The zero-order chi connectivity index (χ0) is 33.5. The number of rotatable bonds is 32. The molecule has 0 aliphatic heterocycles. The van der Waals surface area contributed by atoms with Crippen LogP contribution in [0.2, 0.25) is 0 Å². The number of carbonyl (C=O) groups is 3. The Morgan fingerprint density at radius 1 is 0.378 bits per heavy atom. The summed E-state index contributed by atoms with van der Waals surface area (Å²) in [7, 11) is 0. The van der Waals surface area contributed by atoms with Crippen LogP contribution >= 0.6 is 0 Å². The van der Waals surface area contributed by atoms with Crippen LogP contribution in [0.25, 0.3) is 0 Å². The molecule has 0 unspecified atom stereocenters. The van der Waals surface area contributed by atoms with Crippen LogP contribution in [0.5, 0.6) is 0 Å². The van der Waals surface area contributed by atoms with Gasteiger partial charge in [0.1, 0.15) is 13.2 Å².